The van der Waals surface area contributed by atoms with Gasteiger partial charge in [-0.15, -0.1) is 0 Å². The van der Waals surface area contributed by atoms with Crippen molar-refractivity contribution in [3.05, 3.63) is 48.0 Å². The van der Waals surface area contributed by atoms with Crippen molar-refractivity contribution in [1.29, 1.82) is 0 Å². The van der Waals surface area contributed by atoms with Gasteiger partial charge in [0, 0.05) is 25.6 Å². The molecule has 0 spiro atoms. The van der Waals surface area contributed by atoms with Crippen LogP contribution >= 0.6 is 0 Å². The highest BCUT2D eigenvalue weighted by atomic mass is 32.2. The number of fused-ring (bicyclic) bond motifs is 1. The molecule has 1 saturated heterocycles. The first-order valence-corrected chi connectivity index (χ1v) is 13.0. The van der Waals surface area contributed by atoms with Crippen LogP contribution in [-0.2, 0) is 14.8 Å². The molecule has 1 atom stereocenters. The number of hydrogen-bond acceptors (Lipinski definition) is 6. The van der Waals surface area contributed by atoms with Crippen LogP contribution in [0.1, 0.15) is 51.0 Å². The van der Waals surface area contributed by atoms with E-state index >= 15 is 0 Å². The Hall–Kier alpha value is -2.58. The third-order valence-electron chi connectivity index (χ3n) is 6.42. The van der Waals surface area contributed by atoms with E-state index in [1.807, 2.05) is 24.3 Å². The van der Waals surface area contributed by atoms with Crippen LogP contribution in [0.5, 0.6) is 17.2 Å². The average molecular weight is 474 g/mol. The van der Waals surface area contributed by atoms with Gasteiger partial charge in [0.2, 0.25) is 10.0 Å². The highest BCUT2D eigenvalue weighted by Gasteiger charge is 2.34. The van der Waals surface area contributed by atoms with Crippen molar-refractivity contribution in [3.63, 3.8) is 0 Å². The van der Waals surface area contributed by atoms with Gasteiger partial charge < -0.3 is 14.2 Å². The van der Waals surface area contributed by atoms with E-state index < -0.39 is 10.0 Å². The number of carbonyl (C=O) groups excluding carboxylic acids is 1. The number of nitrogens with zero attached hydrogens (tertiary/aromatic N) is 1. The van der Waals surface area contributed by atoms with Crippen LogP contribution in [0.4, 0.5) is 0 Å². The molecule has 7 nitrogen and oxygen atoms in total. The molecule has 178 valence electrons. The molecule has 4 rings (SSSR count). The van der Waals surface area contributed by atoms with Crippen LogP contribution in [0.15, 0.2) is 47.4 Å². The summed E-state index contributed by atoms with van der Waals surface area (Å²) in [5.74, 6) is 1.27. The highest BCUT2D eigenvalue weighted by molar-refractivity contribution is 7.89. The lowest BCUT2D eigenvalue weighted by atomic mass is 9.97. The van der Waals surface area contributed by atoms with Crippen LogP contribution in [-0.4, -0.2) is 45.0 Å². The Morgan fingerprint density at radius 2 is 1.79 bits per heavy atom. The SMILES string of the molecule is CCC(C)c1ccccc1OC(=O)C1CCN(S(=O)(=O)c2ccc3c(c2)OCCCO3)CC1. The third-order valence-corrected chi connectivity index (χ3v) is 8.31. The maximum Gasteiger partial charge on any atom is 0.314 e. The molecule has 2 aromatic carbocycles. The molecule has 2 heterocycles. The molecule has 0 radical (unpaired) electrons. The fraction of sp³-hybridized carbons (Fsp3) is 0.480. The monoisotopic (exact) mass is 473 g/mol. The fourth-order valence-electron chi connectivity index (χ4n) is 4.18. The topological polar surface area (TPSA) is 82.1 Å². The van der Waals surface area contributed by atoms with Gasteiger partial charge in [-0.05, 0) is 48.9 Å². The Morgan fingerprint density at radius 3 is 2.52 bits per heavy atom. The maximum absolute atomic E-state index is 13.2. The number of rotatable bonds is 6. The van der Waals surface area contributed by atoms with Crippen molar-refractivity contribution in [3.8, 4) is 17.2 Å². The standard InChI is InChI=1S/C25H31NO6S/c1-3-18(2)21-7-4-5-8-22(21)32-25(27)19-11-13-26(14-12-19)33(28,29)20-9-10-23-24(17-20)31-16-6-15-30-23/h4-5,7-10,17-19H,3,6,11-16H2,1-2H3. The molecule has 0 aliphatic carbocycles. The van der Waals surface area contributed by atoms with Gasteiger partial charge in [0.25, 0.3) is 0 Å². The average Bonchev–Trinajstić information content (AvgIpc) is 3.09. The number of hydrogen-bond donors (Lipinski definition) is 0. The summed E-state index contributed by atoms with van der Waals surface area (Å²) in [5, 5.41) is 0. The van der Waals surface area contributed by atoms with Gasteiger partial charge in [0.1, 0.15) is 5.75 Å². The van der Waals surface area contributed by atoms with E-state index in [0.29, 0.717) is 43.3 Å². The second-order valence-electron chi connectivity index (χ2n) is 8.61. The van der Waals surface area contributed by atoms with Crippen molar-refractivity contribution in [2.45, 2.75) is 50.3 Å². The number of piperidine rings is 1. The molecular weight excluding hydrogens is 442 g/mol. The summed E-state index contributed by atoms with van der Waals surface area (Å²) in [7, 11) is -3.69. The van der Waals surface area contributed by atoms with E-state index in [1.165, 1.54) is 10.4 Å². The predicted molar refractivity (Wildman–Crippen MR) is 124 cm³/mol. The minimum Gasteiger partial charge on any atom is -0.490 e. The second kappa shape index (κ2) is 10.1. The Bertz CT molecular complexity index is 1090. The molecule has 0 aromatic heterocycles. The lowest BCUT2D eigenvalue weighted by Crippen LogP contribution is -2.41. The largest absolute Gasteiger partial charge is 0.490 e. The van der Waals surface area contributed by atoms with Crippen molar-refractivity contribution in [2.75, 3.05) is 26.3 Å². The number of ether oxygens (including phenoxy) is 3. The summed E-state index contributed by atoms with van der Waals surface area (Å²) in [4.78, 5) is 13.0. The molecule has 33 heavy (non-hydrogen) atoms. The minimum atomic E-state index is -3.69. The zero-order chi connectivity index (χ0) is 23.4. The molecule has 0 bridgehead atoms. The van der Waals surface area contributed by atoms with Crippen LogP contribution in [0.2, 0.25) is 0 Å². The Kier molecular flexibility index (Phi) is 7.24. The van der Waals surface area contributed by atoms with Crippen LogP contribution in [0.3, 0.4) is 0 Å². The van der Waals surface area contributed by atoms with Gasteiger partial charge in [-0.1, -0.05) is 32.0 Å². The van der Waals surface area contributed by atoms with Gasteiger partial charge in [-0.25, -0.2) is 8.42 Å². The second-order valence-corrected chi connectivity index (χ2v) is 10.5. The normalized spacial score (nSPS) is 18.4. The summed E-state index contributed by atoms with van der Waals surface area (Å²) in [5.41, 5.74) is 1.02. The van der Waals surface area contributed by atoms with Gasteiger partial charge in [0.15, 0.2) is 11.5 Å². The molecule has 8 heteroatoms. The molecule has 1 fully saturated rings. The molecule has 2 aromatic rings. The molecule has 0 amide bonds. The number of esters is 1. The first-order valence-electron chi connectivity index (χ1n) is 11.6. The lowest BCUT2D eigenvalue weighted by Gasteiger charge is -2.30. The van der Waals surface area contributed by atoms with Crippen LogP contribution < -0.4 is 14.2 Å². The summed E-state index contributed by atoms with van der Waals surface area (Å²) in [6.45, 7) is 5.78. The molecule has 0 saturated carbocycles. The van der Waals surface area contributed by atoms with E-state index in [4.69, 9.17) is 14.2 Å². The zero-order valence-electron chi connectivity index (χ0n) is 19.2. The molecular formula is C25H31NO6S. The highest BCUT2D eigenvalue weighted by Crippen LogP contribution is 2.34. The van der Waals surface area contributed by atoms with Crippen molar-refractivity contribution in [2.24, 2.45) is 5.92 Å². The first-order chi connectivity index (χ1) is 15.9. The molecule has 1 unspecified atom stereocenters. The van der Waals surface area contributed by atoms with E-state index in [-0.39, 0.29) is 35.8 Å². The van der Waals surface area contributed by atoms with E-state index in [9.17, 15) is 13.2 Å². The fourth-order valence-corrected chi connectivity index (χ4v) is 5.66. The number of benzene rings is 2. The van der Waals surface area contributed by atoms with Crippen LogP contribution in [0, 0.1) is 5.92 Å². The number of sulfonamides is 1. The van der Waals surface area contributed by atoms with E-state index in [2.05, 4.69) is 13.8 Å². The Labute approximate surface area is 195 Å². The first kappa shape index (κ1) is 23.6. The van der Waals surface area contributed by atoms with Gasteiger partial charge >= 0.3 is 5.97 Å². The Morgan fingerprint density at radius 1 is 1.09 bits per heavy atom. The summed E-state index contributed by atoms with van der Waals surface area (Å²) in [6.07, 6.45) is 2.55. The molecule has 0 N–H and O–H groups in total. The Balaban J connectivity index is 1.41. The van der Waals surface area contributed by atoms with Crippen LogP contribution in [0.25, 0.3) is 0 Å². The van der Waals surface area contributed by atoms with Gasteiger partial charge in [-0.3, -0.25) is 4.79 Å². The number of para-hydroxylation sites is 1. The number of carbonyl (C=O) groups is 1. The summed E-state index contributed by atoms with van der Waals surface area (Å²) < 4.78 is 44.8. The summed E-state index contributed by atoms with van der Waals surface area (Å²) in [6, 6.07) is 12.3. The maximum atomic E-state index is 13.2. The smallest absolute Gasteiger partial charge is 0.314 e. The summed E-state index contributed by atoms with van der Waals surface area (Å²) >= 11 is 0. The van der Waals surface area contributed by atoms with Gasteiger partial charge in [0.05, 0.1) is 24.0 Å². The van der Waals surface area contributed by atoms with E-state index in [1.54, 1.807) is 12.1 Å². The lowest BCUT2D eigenvalue weighted by molar-refractivity contribution is -0.140. The quantitative estimate of drug-likeness (QED) is 0.458. The third kappa shape index (κ3) is 5.17. The van der Waals surface area contributed by atoms with E-state index in [0.717, 1.165) is 18.4 Å². The minimum absolute atomic E-state index is 0.176. The molecule has 2 aliphatic rings. The predicted octanol–water partition coefficient (Wildman–Crippen LogP) is 4.37. The van der Waals surface area contributed by atoms with Crippen molar-refractivity contribution < 1.29 is 27.4 Å². The van der Waals surface area contributed by atoms with Gasteiger partial charge in [-0.2, -0.15) is 4.31 Å². The molecule has 2 aliphatic heterocycles. The van der Waals surface area contributed by atoms with Crippen molar-refractivity contribution >= 4 is 16.0 Å². The zero-order valence-corrected chi connectivity index (χ0v) is 20.0. The van der Waals surface area contributed by atoms with Crippen molar-refractivity contribution in [1.82, 2.24) is 4.31 Å².